The third kappa shape index (κ3) is 4.84. The first-order valence-corrected chi connectivity index (χ1v) is 8.37. The fourth-order valence-electron chi connectivity index (χ4n) is 1.89. The molecule has 1 aliphatic heterocycles. The van der Waals surface area contributed by atoms with Gasteiger partial charge < -0.3 is 4.74 Å². The molecular formula is C16H16ClNO4S. The van der Waals surface area contributed by atoms with Crippen LogP contribution in [0.4, 0.5) is 4.79 Å². The second-order valence-electron chi connectivity index (χ2n) is 4.90. The number of carbonyl (C=O) groups is 3. The highest BCUT2D eigenvalue weighted by molar-refractivity contribution is 8.18. The predicted octanol–water partition coefficient (Wildman–Crippen LogP) is 3.72. The van der Waals surface area contributed by atoms with E-state index < -0.39 is 17.1 Å². The van der Waals surface area contributed by atoms with Crippen LogP contribution in [-0.4, -0.2) is 35.2 Å². The first kappa shape index (κ1) is 17.6. The summed E-state index contributed by atoms with van der Waals surface area (Å²) in [6.45, 7) is 1.91. The number of rotatable bonds is 6. The van der Waals surface area contributed by atoms with Crippen LogP contribution < -0.4 is 0 Å². The van der Waals surface area contributed by atoms with Gasteiger partial charge in [-0.1, -0.05) is 37.1 Å². The number of hydrogen-bond acceptors (Lipinski definition) is 5. The zero-order valence-electron chi connectivity index (χ0n) is 12.6. The van der Waals surface area contributed by atoms with Gasteiger partial charge in [0.25, 0.3) is 11.1 Å². The van der Waals surface area contributed by atoms with E-state index in [1.54, 1.807) is 30.3 Å². The van der Waals surface area contributed by atoms with E-state index in [2.05, 4.69) is 0 Å². The third-order valence-corrected chi connectivity index (χ3v) is 4.21. The molecule has 1 aromatic rings. The number of nitrogens with zero attached hydrogens (tertiary/aromatic N) is 1. The molecule has 0 atom stereocenters. The van der Waals surface area contributed by atoms with E-state index in [-0.39, 0.29) is 11.4 Å². The van der Waals surface area contributed by atoms with E-state index in [0.29, 0.717) is 17.2 Å². The van der Waals surface area contributed by atoms with Crippen molar-refractivity contribution in [2.24, 2.45) is 0 Å². The van der Waals surface area contributed by atoms with Crippen molar-refractivity contribution in [3.63, 3.8) is 0 Å². The molecule has 0 aromatic heterocycles. The second-order valence-corrected chi connectivity index (χ2v) is 6.33. The van der Waals surface area contributed by atoms with Gasteiger partial charge in [-0.25, -0.2) is 0 Å². The van der Waals surface area contributed by atoms with Gasteiger partial charge in [0.2, 0.25) is 0 Å². The molecule has 7 heteroatoms. The number of esters is 1. The van der Waals surface area contributed by atoms with Crippen LogP contribution in [0.2, 0.25) is 5.02 Å². The highest BCUT2D eigenvalue weighted by atomic mass is 35.5. The van der Waals surface area contributed by atoms with Crippen molar-refractivity contribution in [1.29, 1.82) is 0 Å². The maximum atomic E-state index is 12.2. The largest absolute Gasteiger partial charge is 0.464 e. The van der Waals surface area contributed by atoms with Gasteiger partial charge >= 0.3 is 5.97 Å². The minimum Gasteiger partial charge on any atom is -0.464 e. The Hall–Kier alpha value is -1.79. The average Bonchev–Trinajstić information content (AvgIpc) is 2.75. The number of unbranched alkanes of at least 4 members (excludes halogenated alkanes) is 1. The predicted molar refractivity (Wildman–Crippen MR) is 90.0 cm³/mol. The number of carbonyl (C=O) groups excluding carboxylic acids is 3. The maximum Gasteiger partial charge on any atom is 0.326 e. The molecule has 2 rings (SSSR count). The summed E-state index contributed by atoms with van der Waals surface area (Å²) < 4.78 is 4.98. The van der Waals surface area contributed by atoms with Gasteiger partial charge in [0.05, 0.1) is 11.5 Å². The van der Waals surface area contributed by atoms with Crippen LogP contribution in [-0.2, 0) is 14.3 Å². The fraction of sp³-hybridized carbons (Fsp3) is 0.312. The number of ether oxygens (including phenoxy) is 1. The lowest BCUT2D eigenvalue weighted by atomic mass is 10.2. The van der Waals surface area contributed by atoms with Gasteiger partial charge in [0.1, 0.15) is 6.54 Å². The van der Waals surface area contributed by atoms with Crippen LogP contribution in [0, 0.1) is 0 Å². The summed E-state index contributed by atoms with van der Waals surface area (Å²) in [6, 6.07) is 6.94. The topological polar surface area (TPSA) is 63.7 Å². The first-order valence-electron chi connectivity index (χ1n) is 7.18. The van der Waals surface area contributed by atoms with E-state index in [9.17, 15) is 14.4 Å². The van der Waals surface area contributed by atoms with Crippen molar-refractivity contribution in [3.05, 3.63) is 39.8 Å². The lowest BCUT2D eigenvalue weighted by molar-refractivity contribution is -0.146. The molecule has 23 heavy (non-hydrogen) atoms. The molecule has 0 unspecified atom stereocenters. The quantitative estimate of drug-likeness (QED) is 0.443. The molecule has 0 radical (unpaired) electrons. The number of imide groups is 1. The zero-order chi connectivity index (χ0) is 16.8. The number of benzene rings is 1. The fourth-order valence-corrected chi connectivity index (χ4v) is 2.93. The van der Waals surface area contributed by atoms with E-state index in [1.165, 1.54) is 0 Å². The van der Waals surface area contributed by atoms with Crippen LogP contribution in [0.1, 0.15) is 25.3 Å². The van der Waals surface area contributed by atoms with E-state index in [4.69, 9.17) is 16.3 Å². The average molecular weight is 354 g/mol. The summed E-state index contributed by atoms with van der Waals surface area (Å²) in [7, 11) is 0. The standard InChI is InChI=1S/C16H16ClNO4S/c1-2-3-7-22-14(19)10-18-15(20)13(23-16(18)21)9-11-5-4-6-12(17)8-11/h4-6,8-9H,2-3,7,10H2,1H3/b13-9+. The highest BCUT2D eigenvalue weighted by Gasteiger charge is 2.36. The molecule has 0 saturated carbocycles. The van der Waals surface area contributed by atoms with Crippen LogP contribution >= 0.6 is 23.4 Å². The van der Waals surface area contributed by atoms with Crippen LogP contribution in [0.25, 0.3) is 6.08 Å². The molecule has 1 fully saturated rings. The Balaban J connectivity index is 2.03. The first-order chi connectivity index (χ1) is 11.0. The van der Waals surface area contributed by atoms with Gasteiger partial charge in [-0.3, -0.25) is 19.3 Å². The zero-order valence-corrected chi connectivity index (χ0v) is 14.2. The van der Waals surface area contributed by atoms with Crippen molar-refractivity contribution in [2.45, 2.75) is 19.8 Å². The van der Waals surface area contributed by atoms with Gasteiger partial charge in [-0.2, -0.15) is 0 Å². The molecule has 0 N–H and O–H groups in total. The molecule has 1 heterocycles. The Morgan fingerprint density at radius 1 is 1.39 bits per heavy atom. The lowest BCUT2D eigenvalue weighted by Crippen LogP contribution is -2.34. The summed E-state index contributed by atoms with van der Waals surface area (Å²) >= 11 is 6.69. The molecule has 0 bridgehead atoms. The van der Waals surface area contributed by atoms with Crippen molar-refractivity contribution in [1.82, 2.24) is 4.90 Å². The Kier molecular flexibility index (Phi) is 6.24. The van der Waals surface area contributed by atoms with E-state index in [0.717, 1.165) is 29.5 Å². The second kappa shape index (κ2) is 8.17. The van der Waals surface area contributed by atoms with Gasteiger partial charge in [0, 0.05) is 5.02 Å². The molecule has 1 aromatic carbocycles. The molecule has 1 saturated heterocycles. The van der Waals surface area contributed by atoms with Crippen molar-refractivity contribution >= 4 is 46.6 Å². The molecular weight excluding hydrogens is 338 g/mol. The van der Waals surface area contributed by atoms with Crippen molar-refractivity contribution in [2.75, 3.05) is 13.2 Å². The molecule has 1 aliphatic rings. The SMILES string of the molecule is CCCCOC(=O)CN1C(=O)S/C(=C/c2cccc(Cl)c2)C1=O. The van der Waals surface area contributed by atoms with E-state index in [1.807, 2.05) is 6.92 Å². The summed E-state index contributed by atoms with van der Waals surface area (Å²) in [6.07, 6.45) is 3.23. The number of thioether (sulfide) groups is 1. The number of halogens is 1. The summed E-state index contributed by atoms with van der Waals surface area (Å²) in [5, 5.41) is 0.0631. The number of amides is 2. The van der Waals surface area contributed by atoms with Crippen LogP contribution in [0.5, 0.6) is 0 Å². The minimum absolute atomic E-state index is 0.263. The Morgan fingerprint density at radius 2 is 2.17 bits per heavy atom. The van der Waals surface area contributed by atoms with Gasteiger partial charge in [0.15, 0.2) is 0 Å². The summed E-state index contributed by atoms with van der Waals surface area (Å²) in [5.74, 6) is -1.07. The third-order valence-electron chi connectivity index (χ3n) is 3.07. The molecule has 122 valence electrons. The van der Waals surface area contributed by atoms with Crippen LogP contribution in [0.3, 0.4) is 0 Å². The maximum absolute atomic E-state index is 12.2. The van der Waals surface area contributed by atoms with E-state index >= 15 is 0 Å². The highest BCUT2D eigenvalue weighted by Crippen LogP contribution is 2.32. The smallest absolute Gasteiger partial charge is 0.326 e. The Bertz CT molecular complexity index is 659. The normalized spacial score (nSPS) is 16.3. The monoisotopic (exact) mass is 353 g/mol. The van der Waals surface area contributed by atoms with Gasteiger partial charge in [-0.05, 0) is 42.0 Å². The number of hydrogen-bond donors (Lipinski definition) is 0. The Labute approximate surface area is 143 Å². The Morgan fingerprint density at radius 3 is 2.87 bits per heavy atom. The molecule has 5 nitrogen and oxygen atoms in total. The van der Waals surface area contributed by atoms with Crippen molar-refractivity contribution in [3.8, 4) is 0 Å². The molecule has 0 aliphatic carbocycles. The molecule has 0 spiro atoms. The van der Waals surface area contributed by atoms with Crippen LogP contribution in [0.15, 0.2) is 29.2 Å². The minimum atomic E-state index is -0.579. The summed E-state index contributed by atoms with van der Waals surface area (Å²) in [5.41, 5.74) is 0.716. The van der Waals surface area contributed by atoms with Crippen molar-refractivity contribution < 1.29 is 19.1 Å². The summed E-state index contributed by atoms with van der Waals surface area (Å²) in [4.78, 5) is 37.0. The van der Waals surface area contributed by atoms with Gasteiger partial charge in [-0.15, -0.1) is 0 Å². The lowest BCUT2D eigenvalue weighted by Gasteiger charge is -2.11. The molecule has 2 amide bonds.